The van der Waals surface area contributed by atoms with Gasteiger partial charge in [0.15, 0.2) is 5.65 Å². The molecular weight excluding hydrogens is 330 g/mol. The Morgan fingerprint density at radius 1 is 1.23 bits per heavy atom. The fraction of sp³-hybridized carbons (Fsp3) is 0.421. The first-order chi connectivity index (χ1) is 12.7. The summed E-state index contributed by atoms with van der Waals surface area (Å²) in [5.41, 5.74) is 2.74. The predicted octanol–water partition coefficient (Wildman–Crippen LogP) is 2.53. The van der Waals surface area contributed by atoms with Crippen molar-refractivity contribution in [3.05, 3.63) is 42.4 Å². The fourth-order valence-corrected chi connectivity index (χ4v) is 3.63. The second-order valence-corrected chi connectivity index (χ2v) is 6.70. The smallest absolute Gasteiger partial charge is 0.224 e. The number of hydrogen-bond donors (Lipinski definition) is 1. The summed E-state index contributed by atoms with van der Waals surface area (Å²) in [5.74, 6) is 1.51. The third-order valence-electron chi connectivity index (χ3n) is 5.20. The molecule has 1 fully saturated rings. The van der Waals surface area contributed by atoms with E-state index in [0.29, 0.717) is 11.6 Å². The number of fused-ring (bicyclic) bond motifs is 1. The number of benzene rings is 1. The molecule has 0 saturated carbocycles. The van der Waals surface area contributed by atoms with Crippen LogP contribution in [0.2, 0.25) is 0 Å². The van der Waals surface area contributed by atoms with Crippen molar-refractivity contribution in [2.45, 2.75) is 18.3 Å². The number of anilines is 1. The van der Waals surface area contributed by atoms with Crippen LogP contribution in [0.25, 0.3) is 11.2 Å². The standard InChI is InChI=1S/C19H23N5O2/c1-24-13-22-17-15(24)11-20-18(23-17)21-12-19(7-9-26-10-8-19)14-5-3-4-6-16(14)25-2/h3-6,11,13H,7-10,12H2,1-2H3,(H,20,21,23). The molecule has 1 aromatic carbocycles. The number of ether oxygens (including phenoxy) is 2. The van der Waals surface area contributed by atoms with Gasteiger partial charge >= 0.3 is 0 Å². The van der Waals surface area contributed by atoms with Crippen molar-refractivity contribution in [3.8, 4) is 5.75 Å². The number of nitrogens with zero attached hydrogens (tertiary/aromatic N) is 4. The molecule has 1 N–H and O–H groups in total. The average Bonchev–Trinajstić information content (AvgIpc) is 3.07. The number of rotatable bonds is 5. The van der Waals surface area contributed by atoms with E-state index < -0.39 is 0 Å². The van der Waals surface area contributed by atoms with E-state index in [1.165, 1.54) is 5.56 Å². The van der Waals surface area contributed by atoms with E-state index in [1.54, 1.807) is 19.6 Å². The summed E-state index contributed by atoms with van der Waals surface area (Å²) in [7, 11) is 3.65. The Morgan fingerprint density at radius 3 is 2.85 bits per heavy atom. The molecule has 136 valence electrons. The zero-order chi connectivity index (χ0) is 18.0. The Kier molecular flexibility index (Phi) is 4.46. The van der Waals surface area contributed by atoms with Gasteiger partial charge in [-0.1, -0.05) is 18.2 Å². The first kappa shape index (κ1) is 16.8. The summed E-state index contributed by atoms with van der Waals surface area (Å²) in [5, 5.41) is 3.42. The van der Waals surface area contributed by atoms with Gasteiger partial charge in [-0.25, -0.2) is 9.97 Å². The Balaban J connectivity index is 1.62. The molecule has 7 heteroatoms. The molecule has 3 heterocycles. The number of aryl methyl sites for hydroxylation is 1. The number of aromatic nitrogens is 4. The van der Waals surface area contributed by atoms with Crippen molar-refractivity contribution >= 4 is 17.1 Å². The average molecular weight is 353 g/mol. The summed E-state index contributed by atoms with van der Waals surface area (Å²) >= 11 is 0. The van der Waals surface area contributed by atoms with Gasteiger partial charge in [0.1, 0.15) is 11.3 Å². The SMILES string of the molecule is COc1ccccc1C1(CNc2ncc3c(ncn3C)n2)CCOCC1. The Morgan fingerprint density at radius 2 is 2.04 bits per heavy atom. The van der Waals surface area contributed by atoms with Gasteiger partial charge in [-0.15, -0.1) is 0 Å². The predicted molar refractivity (Wildman–Crippen MR) is 99.5 cm³/mol. The molecule has 26 heavy (non-hydrogen) atoms. The van der Waals surface area contributed by atoms with Gasteiger partial charge < -0.3 is 19.4 Å². The maximum absolute atomic E-state index is 5.62. The number of hydrogen-bond acceptors (Lipinski definition) is 6. The van der Waals surface area contributed by atoms with Crippen LogP contribution in [-0.2, 0) is 17.2 Å². The minimum atomic E-state index is -0.0761. The van der Waals surface area contributed by atoms with Crippen LogP contribution < -0.4 is 10.1 Å². The third-order valence-corrected chi connectivity index (χ3v) is 5.20. The quantitative estimate of drug-likeness (QED) is 0.760. The van der Waals surface area contributed by atoms with Gasteiger partial charge in [0.2, 0.25) is 5.95 Å². The highest BCUT2D eigenvalue weighted by atomic mass is 16.5. The summed E-state index contributed by atoms with van der Waals surface area (Å²) in [6, 6.07) is 8.23. The van der Waals surface area contributed by atoms with Crippen molar-refractivity contribution in [2.24, 2.45) is 7.05 Å². The minimum absolute atomic E-state index is 0.0761. The maximum Gasteiger partial charge on any atom is 0.224 e. The molecule has 0 aliphatic carbocycles. The van der Waals surface area contributed by atoms with Crippen molar-refractivity contribution in [2.75, 3.05) is 32.2 Å². The lowest BCUT2D eigenvalue weighted by Crippen LogP contribution is -2.40. The van der Waals surface area contributed by atoms with Crippen molar-refractivity contribution in [3.63, 3.8) is 0 Å². The molecule has 4 rings (SSSR count). The number of nitrogens with one attached hydrogen (secondary N) is 1. The normalized spacial score (nSPS) is 16.5. The Bertz CT molecular complexity index is 902. The highest BCUT2D eigenvalue weighted by Gasteiger charge is 2.36. The summed E-state index contributed by atoms with van der Waals surface area (Å²) in [4.78, 5) is 13.3. The Hall–Kier alpha value is -2.67. The van der Waals surface area contributed by atoms with Crippen molar-refractivity contribution < 1.29 is 9.47 Å². The summed E-state index contributed by atoms with van der Waals surface area (Å²) < 4.78 is 13.2. The van der Waals surface area contributed by atoms with E-state index in [9.17, 15) is 0 Å². The number of methoxy groups -OCH3 is 1. The topological polar surface area (TPSA) is 74.1 Å². The fourth-order valence-electron chi connectivity index (χ4n) is 3.63. The minimum Gasteiger partial charge on any atom is -0.496 e. The zero-order valence-corrected chi connectivity index (χ0v) is 15.1. The lowest BCUT2D eigenvalue weighted by atomic mass is 9.73. The van der Waals surface area contributed by atoms with Crippen LogP contribution in [0.15, 0.2) is 36.8 Å². The van der Waals surface area contributed by atoms with E-state index in [1.807, 2.05) is 23.7 Å². The van der Waals surface area contributed by atoms with Crippen LogP contribution >= 0.6 is 0 Å². The molecule has 1 aliphatic heterocycles. The van der Waals surface area contributed by atoms with Crippen molar-refractivity contribution in [1.82, 2.24) is 19.5 Å². The third kappa shape index (κ3) is 2.99. The molecule has 7 nitrogen and oxygen atoms in total. The van der Waals surface area contributed by atoms with Gasteiger partial charge in [-0.3, -0.25) is 0 Å². The van der Waals surface area contributed by atoms with Crippen LogP contribution in [0.5, 0.6) is 5.75 Å². The number of imidazole rings is 1. The molecule has 3 aromatic rings. The van der Waals surface area contributed by atoms with E-state index in [4.69, 9.17) is 9.47 Å². The van der Waals surface area contributed by atoms with Crippen LogP contribution in [-0.4, -0.2) is 46.4 Å². The van der Waals surface area contributed by atoms with E-state index in [-0.39, 0.29) is 5.41 Å². The van der Waals surface area contributed by atoms with Crippen molar-refractivity contribution in [1.29, 1.82) is 0 Å². The molecule has 0 bridgehead atoms. The monoisotopic (exact) mass is 353 g/mol. The second kappa shape index (κ2) is 6.92. The lowest BCUT2D eigenvalue weighted by molar-refractivity contribution is 0.0535. The molecule has 0 atom stereocenters. The zero-order valence-electron chi connectivity index (χ0n) is 15.1. The number of para-hydroxylation sites is 1. The molecule has 2 aromatic heterocycles. The van der Waals surface area contributed by atoms with Gasteiger partial charge in [0.25, 0.3) is 0 Å². The lowest BCUT2D eigenvalue weighted by Gasteiger charge is -2.38. The molecule has 0 amide bonds. The molecule has 1 aliphatic rings. The summed E-state index contributed by atoms with van der Waals surface area (Å²) in [6.45, 7) is 2.19. The van der Waals surface area contributed by atoms with E-state index in [0.717, 1.165) is 43.9 Å². The molecule has 0 unspecified atom stereocenters. The first-order valence-electron chi connectivity index (χ1n) is 8.81. The largest absolute Gasteiger partial charge is 0.496 e. The highest BCUT2D eigenvalue weighted by molar-refractivity contribution is 5.70. The molecular formula is C19H23N5O2. The van der Waals surface area contributed by atoms with Crippen LogP contribution in [0, 0.1) is 0 Å². The van der Waals surface area contributed by atoms with Gasteiger partial charge in [-0.05, 0) is 18.9 Å². The van der Waals surface area contributed by atoms with Crippen LogP contribution in [0.3, 0.4) is 0 Å². The van der Waals surface area contributed by atoms with Crippen LogP contribution in [0.4, 0.5) is 5.95 Å². The van der Waals surface area contributed by atoms with E-state index in [2.05, 4.69) is 32.4 Å². The van der Waals surface area contributed by atoms with Gasteiger partial charge in [0.05, 0.1) is 19.6 Å². The maximum atomic E-state index is 5.62. The molecule has 0 spiro atoms. The summed E-state index contributed by atoms with van der Waals surface area (Å²) in [6.07, 6.45) is 5.40. The molecule has 0 radical (unpaired) electrons. The highest BCUT2D eigenvalue weighted by Crippen LogP contribution is 2.39. The van der Waals surface area contributed by atoms with Gasteiger partial charge in [-0.2, -0.15) is 4.98 Å². The van der Waals surface area contributed by atoms with Gasteiger partial charge in [0, 0.05) is 37.8 Å². The second-order valence-electron chi connectivity index (χ2n) is 6.70. The van der Waals surface area contributed by atoms with Crippen LogP contribution in [0.1, 0.15) is 18.4 Å². The van der Waals surface area contributed by atoms with E-state index >= 15 is 0 Å². The molecule has 1 saturated heterocycles. The first-order valence-corrected chi connectivity index (χ1v) is 8.81. The Labute approximate surface area is 152 Å².